The zero-order chi connectivity index (χ0) is 14.5. The number of anilines is 2. The molecular formula is C17H20N2O. The Bertz CT molecular complexity index is 620. The first-order valence-electron chi connectivity index (χ1n) is 6.93. The van der Waals surface area contributed by atoms with E-state index in [1.165, 1.54) is 0 Å². The van der Waals surface area contributed by atoms with Crippen LogP contribution < -0.4 is 11.1 Å². The van der Waals surface area contributed by atoms with Crippen LogP contribution in [0.15, 0.2) is 42.5 Å². The minimum Gasteiger partial charge on any atom is -0.398 e. The van der Waals surface area contributed by atoms with Crippen molar-refractivity contribution < 1.29 is 4.79 Å². The van der Waals surface area contributed by atoms with Gasteiger partial charge in [-0.25, -0.2) is 0 Å². The van der Waals surface area contributed by atoms with E-state index in [4.69, 9.17) is 5.73 Å². The van der Waals surface area contributed by atoms with Gasteiger partial charge in [0.05, 0.1) is 0 Å². The smallest absolute Gasteiger partial charge is 0.255 e. The van der Waals surface area contributed by atoms with E-state index in [0.717, 1.165) is 29.7 Å². The molecule has 3 N–H and O–H groups in total. The summed E-state index contributed by atoms with van der Waals surface area (Å²) in [6, 6.07) is 13.3. The van der Waals surface area contributed by atoms with Crippen LogP contribution in [-0.4, -0.2) is 5.91 Å². The highest BCUT2D eigenvalue weighted by Crippen LogP contribution is 2.20. The Morgan fingerprint density at radius 1 is 1.05 bits per heavy atom. The summed E-state index contributed by atoms with van der Waals surface area (Å²) in [6.45, 7) is 4.10. The molecule has 2 aromatic rings. The molecule has 2 aromatic carbocycles. The maximum absolute atomic E-state index is 12.3. The number of nitrogens with one attached hydrogen (secondary N) is 1. The van der Waals surface area contributed by atoms with Gasteiger partial charge in [0.25, 0.3) is 5.91 Å². The van der Waals surface area contributed by atoms with Crippen molar-refractivity contribution in [3.8, 4) is 0 Å². The number of benzene rings is 2. The van der Waals surface area contributed by atoms with Gasteiger partial charge in [0.2, 0.25) is 0 Å². The van der Waals surface area contributed by atoms with Crippen molar-refractivity contribution in [2.24, 2.45) is 0 Å². The van der Waals surface area contributed by atoms with Gasteiger partial charge in [-0.15, -0.1) is 0 Å². The molecule has 0 spiro atoms. The van der Waals surface area contributed by atoms with Crippen molar-refractivity contribution in [3.63, 3.8) is 0 Å². The fraction of sp³-hybridized carbons (Fsp3) is 0.235. The second kappa shape index (κ2) is 6.24. The van der Waals surface area contributed by atoms with E-state index in [0.29, 0.717) is 11.3 Å². The Balaban J connectivity index is 2.21. The summed E-state index contributed by atoms with van der Waals surface area (Å²) < 4.78 is 0. The van der Waals surface area contributed by atoms with Crippen molar-refractivity contribution in [3.05, 3.63) is 59.2 Å². The summed E-state index contributed by atoms with van der Waals surface area (Å²) in [5.74, 6) is -0.0916. The first kappa shape index (κ1) is 14.1. The summed E-state index contributed by atoms with van der Waals surface area (Å²) in [6.07, 6.45) is 1.72. The molecule has 2 rings (SSSR count). The Hall–Kier alpha value is -2.29. The Labute approximate surface area is 119 Å². The van der Waals surface area contributed by atoms with Crippen LogP contribution in [0, 0.1) is 0 Å². The van der Waals surface area contributed by atoms with E-state index < -0.39 is 0 Å². The number of nitrogens with two attached hydrogens (primary N) is 1. The fourth-order valence-electron chi connectivity index (χ4n) is 2.24. The number of carbonyl (C=O) groups excluding carboxylic acids is 1. The number of rotatable bonds is 4. The fourth-order valence-corrected chi connectivity index (χ4v) is 2.24. The van der Waals surface area contributed by atoms with E-state index in [1.54, 1.807) is 0 Å². The molecular weight excluding hydrogens is 248 g/mol. The van der Waals surface area contributed by atoms with Crippen molar-refractivity contribution in [1.82, 2.24) is 0 Å². The molecule has 0 aliphatic rings. The third kappa shape index (κ3) is 2.99. The van der Waals surface area contributed by atoms with Gasteiger partial charge in [0, 0.05) is 16.9 Å². The molecule has 3 heteroatoms. The second-order valence-electron chi connectivity index (χ2n) is 4.73. The SMILES string of the molecule is CCc1ccc(NC(=O)c2ccccc2CC)cc1N. The molecule has 0 saturated heterocycles. The number of aryl methyl sites for hydroxylation is 2. The Kier molecular flexibility index (Phi) is 4.41. The zero-order valence-electron chi connectivity index (χ0n) is 11.9. The molecule has 20 heavy (non-hydrogen) atoms. The quantitative estimate of drug-likeness (QED) is 0.832. The van der Waals surface area contributed by atoms with Crippen LogP contribution in [0.25, 0.3) is 0 Å². The van der Waals surface area contributed by atoms with Crippen LogP contribution in [0.3, 0.4) is 0 Å². The first-order chi connectivity index (χ1) is 9.65. The van der Waals surface area contributed by atoms with Gasteiger partial charge in [0.15, 0.2) is 0 Å². The average molecular weight is 268 g/mol. The molecule has 3 nitrogen and oxygen atoms in total. The molecule has 0 unspecified atom stereocenters. The number of carbonyl (C=O) groups is 1. The van der Waals surface area contributed by atoms with Crippen LogP contribution >= 0.6 is 0 Å². The van der Waals surface area contributed by atoms with E-state index in [9.17, 15) is 4.79 Å². The molecule has 0 aliphatic heterocycles. The van der Waals surface area contributed by atoms with Gasteiger partial charge < -0.3 is 11.1 Å². The molecule has 1 amide bonds. The van der Waals surface area contributed by atoms with Crippen molar-refractivity contribution in [2.45, 2.75) is 26.7 Å². The largest absolute Gasteiger partial charge is 0.398 e. The van der Waals surface area contributed by atoms with Crippen LogP contribution in [0.4, 0.5) is 11.4 Å². The third-order valence-electron chi connectivity index (χ3n) is 3.43. The maximum atomic E-state index is 12.3. The zero-order valence-corrected chi connectivity index (χ0v) is 11.9. The van der Waals surface area contributed by atoms with E-state index >= 15 is 0 Å². The summed E-state index contributed by atoms with van der Waals surface area (Å²) >= 11 is 0. The molecule has 0 heterocycles. The van der Waals surface area contributed by atoms with Gasteiger partial charge in [-0.3, -0.25) is 4.79 Å². The van der Waals surface area contributed by atoms with Crippen LogP contribution in [0.5, 0.6) is 0 Å². The third-order valence-corrected chi connectivity index (χ3v) is 3.43. The van der Waals surface area contributed by atoms with Crippen LogP contribution in [0.2, 0.25) is 0 Å². The summed E-state index contributed by atoms with van der Waals surface area (Å²) in [7, 11) is 0. The standard InChI is InChI=1S/C17H20N2O/c1-3-12-7-5-6-8-15(12)17(20)19-14-10-9-13(4-2)16(18)11-14/h5-11H,3-4,18H2,1-2H3,(H,19,20). The number of amides is 1. The Morgan fingerprint density at radius 3 is 2.40 bits per heavy atom. The summed E-state index contributed by atoms with van der Waals surface area (Å²) in [5.41, 5.74) is 10.3. The van der Waals surface area contributed by atoms with Crippen LogP contribution in [-0.2, 0) is 12.8 Å². The van der Waals surface area contributed by atoms with Gasteiger partial charge in [-0.05, 0) is 42.2 Å². The molecule has 0 bridgehead atoms. The minimum absolute atomic E-state index is 0.0916. The topological polar surface area (TPSA) is 55.1 Å². The van der Waals surface area contributed by atoms with E-state index in [2.05, 4.69) is 12.2 Å². The second-order valence-corrected chi connectivity index (χ2v) is 4.73. The van der Waals surface area contributed by atoms with Gasteiger partial charge in [-0.1, -0.05) is 38.1 Å². The summed E-state index contributed by atoms with van der Waals surface area (Å²) in [5, 5.41) is 2.91. The highest BCUT2D eigenvalue weighted by atomic mass is 16.1. The molecule has 0 aliphatic carbocycles. The monoisotopic (exact) mass is 268 g/mol. The predicted octanol–water partition coefficient (Wildman–Crippen LogP) is 3.65. The minimum atomic E-state index is -0.0916. The van der Waals surface area contributed by atoms with E-state index in [1.807, 2.05) is 49.4 Å². The van der Waals surface area contributed by atoms with Gasteiger partial charge >= 0.3 is 0 Å². The molecule has 0 aromatic heterocycles. The predicted molar refractivity (Wildman–Crippen MR) is 84.0 cm³/mol. The maximum Gasteiger partial charge on any atom is 0.255 e. The average Bonchev–Trinajstić information content (AvgIpc) is 2.47. The lowest BCUT2D eigenvalue weighted by Gasteiger charge is -2.10. The molecule has 0 fully saturated rings. The lowest BCUT2D eigenvalue weighted by molar-refractivity contribution is 0.102. The van der Waals surface area contributed by atoms with Gasteiger partial charge in [-0.2, -0.15) is 0 Å². The molecule has 104 valence electrons. The normalized spacial score (nSPS) is 10.3. The first-order valence-corrected chi connectivity index (χ1v) is 6.93. The highest BCUT2D eigenvalue weighted by Gasteiger charge is 2.10. The summed E-state index contributed by atoms with van der Waals surface area (Å²) in [4.78, 5) is 12.3. The number of hydrogen-bond donors (Lipinski definition) is 2. The van der Waals surface area contributed by atoms with Crippen molar-refractivity contribution in [1.29, 1.82) is 0 Å². The lowest BCUT2D eigenvalue weighted by atomic mass is 10.0. The molecule has 0 atom stereocenters. The highest BCUT2D eigenvalue weighted by molar-refractivity contribution is 6.05. The van der Waals surface area contributed by atoms with E-state index in [-0.39, 0.29) is 5.91 Å². The van der Waals surface area contributed by atoms with Gasteiger partial charge in [0.1, 0.15) is 0 Å². The molecule has 0 saturated carbocycles. The number of hydrogen-bond acceptors (Lipinski definition) is 2. The van der Waals surface area contributed by atoms with Crippen molar-refractivity contribution >= 4 is 17.3 Å². The molecule has 0 radical (unpaired) electrons. The Morgan fingerprint density at radius 2 is 1.75 bits per heavy atom. The van der Waals surface area contributed by atoms with Crippen molar-refractivity contribution in [2.75, 3.05) is 11.1 Å². The lowest BCUT2D eigenvalue weighted by Crippen LogP contribution is -2.14. The number of nitrogen functional groups attached to an aromatic ring is 1. The van der Waals surface area contributed by atoms with Crippen LogP contribution in [0.1, 0.15) is 35.3 Å².